The Morgan fingerprint density at radius 1 is 1.32 bits per heavy atom. The lowest BCUT2D eigenvalue weighted by molar-refractivity contribution is -0.149. The van der Waals surface area contributed by atoms with E-state index in [4.69, 9.17) is 4.74 Å². The van der Waals surface area contributed by atoms with Crippen molar-refractivity contribution in [3.8, 4) is 5.75 Å². The van der Waals surface area contributed by atoms with Gasteiger partial charge in [0, 0.05) is 39.8 Å². The molecule has 152 valence electrons. The molecule has 1 fully saturated rings. The van der Waals surface area contributed by atoms with Gasteiger partial charge in [0.1, 0.15) is 17.9 Å². The smallest absolute Gasteiger partial charge is 0.253 e. The fraction of sp³-hybridized carbons (Fsp3) is 0.550. The summed E-state index contributed by atoms with van der Waals surface area (Å²) in [6.07, 6.45) is 0.235. The number of rotatable bonds is 3. The zero-order valence-corrected chi connectivity index (χ0v) is 17.1. The van der Waals surface area contributed by atoms with E-state index in [9.17, 15) is 14.4 Å². The summed E-state index contributed by atoms with van der Waals surface area (Å²) in [6.45, 7) is 4.84. The molecular formula is C20H28N4O4. The number of amides is 3. The van der Waals surface area contributed by atoms with Crippen molar-refractivity contribution in [1.82, 2.24) is 15.1 Å². The van der Waals surface area contributed by atoms with Gasteiger partial charge in [-0.25, -0.2) is 0 Å². The molecule has 0 saturated carbocycles. The molecule has 1 aromatic rings. The van der Waals surface area contributed by atoms with Crippen LogP contribution in [-0.4, -0.2) is 79.9 Å². The molecule has 2 aliphatic heterocycles. The van der Waals surface area contributed by atoms with Gasteiger partial charge in [-0.1, -0.05) is 0 Å². The van der Waals surface area contributed by atoms with Gasteiger partial charge in [-0.15, -0.1) is 0 Å². The van der Waals surface area contributed by atoms with Gasteiger partial charge in [-0.3, -0.25) is 14.4 Å². The lowest BCUT2D eigenvalue weighted by atomic mass is 9.97. The number of carbonyl (C=O) groups excluding carboxylic acids is 3. The van der Waals surface area contributed by atoms with Gasteiger partial charge in [0.2, 0.25) is 11.8 Å². The van der Waals surface area contributed by atoms with Gasteiger partial charge in [-0.2, -0.15) is 0 Å². The minimum atomic E-state index is -0.868. The van der Waals surface area contributed by atoms with E-state index in [1.165, 1.54) is 4.90 Å². The van der Waals surface area contributed by atoms with E-state index >= 15 is 0 Å². The highest BCUT2D eigenvalue weighted by Crippen LogP contribution is 2.35. The summed E-state index contributed by atoms with van der Waals surface area (Å²) in [5.41, 5.74) is 0.486. The average molecular weight is 388 g/mol. The summed E-state index contributed by atoms with van der Waals surface area (Å²) in [5.74, 6) is 0.386. The highest BCUT2D eigenvalue weighted by atomic mass is 16.5. The van der Waals surface area contributed by atoms with Gasteiger partial charge in [0.15, 0.2) is 0 Å². The molecule has 28 heavy (non-hydrogen) atoms. The standard InChI is InChI=1S/C20H28N4O4/c1-20(2)19(27)21-8-9-24(20)17(25)11-14-12-28-16-7-6-13(18(26)22(3)4)10-15(16)23(14)5/h6-7,10,14H,8-9,11-12H2,1-5H3,(H,21,27)/t14-/m0/s1. The van der Waals surface area contributed by atoms with Crippen LogP contribution in [0.5, 0.6) is 5.75 Å². The number of fused-ring (bicyclic) bond motifs is 1. The van der Waals surface area contributed by atoms with Crippen LogP contribution in [0, 0.1) is 0 Å². The molecule has 1 aromatic carbocycles. The van der Waals surface area contributed by atoms with Crippen LogP contribution in [-0.2, 0) is 9.59 Å². The lowest BCUT2D eigenvalue weighted by Gasteiger charge is -2.43. The van der Waals surface area contributed by atoms with Crippen molar-refractivity contribution >= 4 is 23.4 Å². The van der Waals surface area contributed by atoms with E-state index in [1.807, 2.05) is 11.9 Å². The Morgan fingerprint density at radius 2 is 2.04 bits per heavy atom. The third-order valence-electron chi connectivity index (χ3n) is 5.53. The number of benzene rings is 1. The second-order valence-corrected chi connectivity index (χ2v) is 8.02. The monoisotopic (exact) mass is 388 g/mol. The number of nitrogens with one attached hydrogen (secondary N) is 1. The molecule has 0 bridgehead atoms. The molecule has 1 saturated heterocycles. The number of likely N-dealkylation sites (N-methyl/N-ethyl adjacent to an activating group) is 1. The molecule has 0 radical (unpaired) electrons. The van der Waals surface area contributed by atoms with E-state index in [2.05, 4.69) is 5.32 Å². The van der Waals surface area contributed by atoms with Crippen molar-refractivity contribution in [2.45, 2.75) is 31.8 Å². The molecule has 8 heteroatoms. The Hall–Kier alpha value is -2.77. The molecule has 2 aliphatic rings. The number of ether oxygens (including phenoxy) is 1. The highest BCUT2D eigenvalue weighted by Gasteiger charge is 2.41. The van der Waals surface area contributed by atoms with Crippen LogP contribution in [0.4, 0.5) is 5.69 Å². The van der Waals surface area contributed by atoms with Crippen molar-refractivity contribution in [1.29, 1.82) is 0 Å². The number of piperazine rings is 1. The first kappa shape index (κ1) is 20.0. The van der Waals surface area contributed by atoms with Crippen LogP contribution >= 0.6 is 0 Å². The number of anilines is 1. The van der Waals surface area contributed by atoms with Crippen LogP contribution < -0.4 is 15.0 Å². The van der Waals surface area contributed by atoms with Gasteiger partial charge in [0.25, 0.3) is 5.91 Å². The molecule has 0 aliphatic carbocycles. The predicted molar refractivity (Wildman–Crippen MR) is 106 cm³/mol. The summed E-state index contributed by atoms with van der Waals surface area (Å²) < 4.78 is 5.85. The van der Waals surface area contributed by atoms with E-state index < -0.39 is 5.54 Å². The van der Waals surface area contributed by atoms with E-state index in [0.717, 1.165) is 5.69 Å². The highest BCUT2D eigenvalue weighted by molar-refractivity contribution is 5.95. The summed E-state index contributed by atoms with van der Waals surface area (Å²) in [4.78, 5) is 42.5. The predicted octanol–water partition coefficient (Wildman–Crippen LogP) is 0.713. The second kappa shape index (κ2) is 7.33. The normalized spacial score (nSPS) is 20.8. The summed E-state index contributed by atoms with van der Waals surface area (Å²) >= 11 is 0. The second-order valence-electron chi connectivity index (χ2n) is 8.02. The summed E-state index contributed by atoms with van der Waals surface area (Å²) in [6, 6.07) is 5.16. The van der Waals surface area contributed by atoms with Crippen molar-refractivity contribution in [3.05, 3.63) is 23.8 Å². The van der Waals surface area contributed by atoms with Gasteiger partial charge in [0.05, 0.1) is 18.2 Å². The van der Waals surface area contributed by atoms with Crippen LogP contribution in [0.1, 0.15) is 30.6 Å². The Labute approximate surface area is 165 Å². The van der Waals surface area contributed by atoms with Crippen LogP contribution in [0.15, 0.2) is 18.2 Å². The van der Waals surface area contributed by atoms with Crippen molar-refractivity contribution < 1.29 is 19.1 Å². The van der Waals surface area contributed by atoms with Gasteiger partial charge in [-0.05, 0) is 32.0 Å². The molecule has 8 nitrogen and oxygen atoms in total. The Bertz CT molecular complexity index is 805. The average Bonchev–Trinajstić information content (AvgIpc) is 2.65. The van der Waals surface area contributed by atoms with E-state index in [-0.39, 0.29) is 30.2 Å². The summed E-state index contributed by atoms with van der Waals surface area (Å²) in [7, 11) is 5.32. The van der Waals surface area contributed by atoms with Crippen molar-refractivity contribution in [2.24, 2.45) is 0 Å². The maximum absolute atomic E-state index is 13.0. The number of hydrogen-bond acceptors (Lipinski definition) is 5. The minimum Gasteiger partial charge on any atom is -0.489 e. The topological polar surface area (TPSA) is 82.2 Å². The molecule has 0 aromatic heterocycles. The van der Waals surface area contributed by atoms with Crippen LogP contribution in [0.25, 0.3) is 0 Å². The maximum atomic E-state index is 13.0. The van der Waals surface area contributed by atoms with Gasteiger partial charge < -0.3 is 24.8 Å². The van der Waals surface area contributed by atoms with Crippen LogP contribution in [0.2, 0.25) is 0 Å². The van der Waals surface area contributed by atoms with E-state index in [0.29, 0.717) is 31.0 Å². The molecule has 3 rings (SSSR count). The van der Waals surface area contributed by atoms with Gasteiger partial charge >= 0.3 is 0 Å². The Balaban J connectivity index is 1.77. The molecular weight excluding hydrogens is 360 g/mol. The fourth-order valence-corrected chi connectivity index (χ4v) is 3.64. The minimum absolute atomic E-state index is 0.0794. The number of carbonyl (C=O) groups is 3. The SMILES string of the molecule is CN(C)C(=O)c1ccc2c(c1)N(C)[C@@H](CC(=O)N1CCNC(=O)C1(C)C)CO2. The number of nitrogens with zero attached hydrogens (tertiary/aromatic N) is 3. The van der Waals surface area contributed by atoms with Crippen LogP contribution in [0.3, 0.4) is 0 Å². The van der Waals surface area contributed by atoms with E-state index in [1.54, 1.807) is 51.0 Å². The molecule has 0 unspecified atom stereocenters. The Kier molecular flexibility index (Phi) is 5.23. The number of hydrogen-bond donors (Lipinski definition) is 1. The maximum Gasteiger partial charge on any atom is 0.253 e. The first-order chi connectivity index (χ1) is 13.1. The molecule has 1 N–H and O–H groups in total. The fourth-order valence-electron chi connectivity index (χ4n) is 3.64. The quantitative estimate of drug-likeness (QED) is 0.825. The summed E-state index contributed by atoms with van der Waals surface area (Å²) in [5, 5.41) is 2.80. The molecule has 1 atom stereocenters. The lowest BCUT2D eigenvalue weighted by Crippen LogP contribution is -2.64. The third kappa shape index (κ3) is 3.50. The zero-order valence-electron chi connectivity index (χ0n) is 17.1. The molecule has 2 heterocycles. The first-order valence-corrected chi connectivity index (χ1v) is 9.43. The Morgan fingerprint density at radius 3 is 2.71 bits per heavy atom. The molecule has 0 spiro atoms. The zero-order chi connectivity index (χ0) is 20.6. The third-order valence-corrected chi connectivity index (χ3v) is 5.53. The first-order valence-electron chi connectivity index (χ1n) is 9.43. The van der Waals surface area contributed by atoms with Crippen molar-refractivity contribution in [3.63, 3.8) is 0 Å². The molecule has 3 amide bonds. The van der Waals surface area contributed by atoms with Crippen molar-refractivity contribution in [2.75, 3.05) is 45.7 Å². The largest absolute Gasteiger partial charge is 0.489 e.